The zero-order valence-electron chi connectivity index (χ0n) is 25.9. The molecule has 0 saturated heterocycles. The summed E-state index contributed by atoms with van der Waals surface area (Å²) in [6.07, 6.45) is 5.74. The van der Waals surface area contributed by atoms with Crippen molar-refractivity contribution in [1.29, 1.82) is 0 Å². The maximum atomic E-state index is 12.9. The van der Waals surface area contributed by atoms with Gasteiger partial charge in [0.25, 0.3) is 0 Å². The predicted molar refractivity (Wildman–Crippen MR) is 167 cm³/mol. The van der Waals surface area contributed by atoms with Gasteiger partial charge in [-0.15, -0.1) is 0 Å². The molecule has 3 amide bonds. The summed E-state index contributed by atoms with van der Waals surface area (Å²) in [6.45, 7) is 4.45. The van der Waals surface area contributed by atoms with Gasteiger partial charge >= 0.3 is 18.0 Å². The summed E-state index contributed by atoms with van der Waals surface area (Å²) in [4.78, 5) is 60.9. The second-order valence-corrected chi connectivity index (χ2v) is 10.8. The third kappa shape index (κ3) is 14.4. The van der Waals surface area contributed by atoms with Crippen LogP contribution in [0, 0.1) is 5.92 Å². The van der Waals surface area contributed by atoms with Crippen molar-refractivity contribution in [2.45, 2.75) is 77.4 Å². The minimum absolute atomic E-state index is 0.0136. The number of benzene rings is 2. The van der Waals surface area contributed by atoms with Crippen LogP contribution in [0.3, 0.4) is 0 Å². The number of carboxylic acid groups (broad SMARTS) is 2. The van der Waals surface area contributed by atoms with E-state index in [0.29, 0.717) is 24.3 Å². The number of allylic oxidation sites excluding steroid dienone is 2. The average Bonchev–Trinajstić information content (AvgIpc) is 2.99. The van der Waals surface area contributed by atoms with Gasteiger partial charge in [0.05, 0.1) is 13.5 Å². The largest absolute Gasteiger partial charge is 0.493 e. The van der Waals surface area contributed by atoms with Gasteiger partial charge in [0.1, 0.15) is 12.1 Å². The molecular formula is C33H43N3O9. The molecule has 0 spiro atoms. The first-order valence-corrected chi connectivity index (χ1v) is 14.9. The monoisotopic (exact) mass is 625 g/mol. The summed E-state index contributed by atoms with van der Waals surface area (Å²) in [5.41, 5.74) is 1.55. The molecule has 2 aromatic rings. The zero-order valence-corrected chi connectivity index (χ0v) is 25.9. The number of nitrogens with one attached hydrogen (secondary N) is 3. The van der Waals surface area contributed by atoms with E-state index in [-0.39, 0.29) is 30.4 Å². The van der Waals surface area contributed by atoms with E-state index in [0.717, 1.165) is 24.8 Å². The molecule has 0 aromatic heterocycles. The maximum absolute atomic E-state index is 12.9. The Bertz CT molecular complexity index is 1310. The van der Waals surface area contributed by atoms with Crippen LogP contribution >= 0.6 is 0 Å². The summed E-state index contributed by atoms with van der Waals surface area (Å²) >= 11 is 0. The summed E-state index contributed by atoms with van der Waals surface area (Å²) in [5.74, 6) is -3.11. The smallest absolute Gasteiger partial charge is 0.413 e. The minimum atomic E-state index is -1.61. The van der Waals surface area contributed by atoms with E-state index in [2.05, 4.69) is 41.9 Å². The van der Waals surface area contributed by atoms with Gasteiger partial charge in [0.2, 0.25) is 11.8 Å². The lowest BCUT2D eigenvalue weighted by molar-refractivity contribution is -0.143. The van der Waals surface area contributed by atoms with Gasteiger partial charge in [0, 0.05) is 13.0 Å². The van der Waals surface area contributed by atoms with E-state index >= 15 is 0 Å². The number of carbonyl (C=O) groups excluding carboxylic acids is 3. The highest BCUT2D eigenvalue weighted by Gasteiger charge is 2.29. The van der Waals surface area contributed by atoms with E-state index in [1.165, 1.54) is 13.2 Å². The molecule has 2 atom stereocenters. The molecule has 0 bridgehead atoms. The highest BCUT2D eigenvalue weighted by Crippen LogP contribution is 2.28. The number of methoxy groups -OCH3 is 1. The summed E-state index contributed by atoms with van der Waals surface area (Å²) < 4.78 is 10.6. The van der Waals surface area contributed by atoms with Gasteiger partial charge in [-0.2, -0.15) is 0 Å². The standard InChI is InChI=1S/C33H43N3O9/c1-22(2)11-7-4-5-10-14-29(37)34-21-24-16-18-27(28(19-24)44-3)45-33(43)36-26(20-30(38)39)31(40)35-25(32(41)42)17-15-23-12-8-6-9-13-23/h6-9,11-13,16,18-19,22,25-26H,4-5,10,14-15,17,20-21H2,1-3H3,(H,34,37)(H,35,40)(H,36,43)(H,38,39)(H,41,42)/b11-7+/t25-,26-/m0/s1. The van der Waals surface area contributed by atoms with Crippen molar-refractivity contribution in [3.05, 3.63) is 71.8 Å². The minimum Gasteiger partial charge on any atom is -0.493 e. The molecule has 0 saturated carbocycles. The maximum Gasteiger partial charge on any atom is 0.413 e. The van der Waals surface area contributed by atoms with E-state index in [4.69, 9.17) is 9.47 Å². The van der Waals surface area contributed by atoms with Crippen LogP contribution in [0.2, 0.25) is 0 Å². The second-order valence-electron chi connectivity index (χ2n) is 10.8. The molecule has 45 heavy (non-hydrogen) atoms. The molecule has 0 aliphatic rings. The number of ether oxygens (including phenoxy) is 2. The molecule has 0 heterocycles. The van der Waals surface area contributed by atoms with E-state index in [1.54, 1.807) is 24.3 Å². The molecule has 2 rings (SSSR count). The van der Waals surface area contributed by atoms with E-state index in [1.807, 2.05) is 18.2 Å². The average molecular weight is 626 g/mol. The first-order chi connectivity index (χ1) is 21.5. The Morgan fingerprint density at radius 1 is 0.889 bits per heavy atom. The molecule has 12 nitrogen and oxygen atoms in total. The van der Waals surface area contributed by atoms with Crippen LogP contribution in [-0.2, 0) is 32.1 Å². The van der Waals surface area contributed by atoms with Crippen LogP contribution in [0.5, 0.6) is 11.5 Å². The molecule has 244 valence electrons. The van der Waals surface area contributed by atoms with Crippen molar-refractivity contribution in [3.63, 3.8) is 0 Å². The van der Waals surface area contributed by atoms with Crippen molar-refractivity contribution in [1.82, 2.24) is 16.0 Å². The lowest BCUT2D eigenvalue weighted by Crippen LogP contribution is -2.52. The number of carbonyl (C=O) groups is 5. The molecular weight excluding hydrogens is 582 g/mol. The Kier molecular flexibility index (Phi) is 15.7. The third-order valence-electron chi connectivity index (χ3n) is 6.63. The lowest BCUT2D eigenvalue weighted by Gasteiger charge is -2.20. The first-order valence-electron chi connectivity index (χ1n) is 14.9. The first kappa shape index (κ1) is 36.3. The van der Waals surface area contributed by atoms with Crippen molar-refractivity contribution >= 4 is 29.8 Å². The zero-order chi connectivity index (χ0) is 33.2. The molecule has 2 aromatic carbocycles. The van der Waals surface area contributed by atoms with Gasteiger partial charge in [-0.1, -0.05) is 62.4 Å². The summed E-state index contributed by atoms with van der Waals surface area (Å²) in [5, 5.41) is 26.2. The van der Waals surface area contributed by atoms with Crippen LogP contribution in [0.15, 0.2) is 60.7 Å². The van der Waals surface area contributed by atoms with Crippen LogP contribution in [0.4, 0.5) is 4.79 Å². The SMILES string of the molecule is COc1cc(CNC(=O)CCCC/C=C/C(C)C)ccc1OC(=O)N[C@@H](CC(=O)O)C(=O)N[C@@H](CCc1ccccc1)C(=O)O. The molecule has 12 heteroatoms. The lowest BCUT2D eigenvalue weighted by atomic mass is 10.0. The van der Waals surface area contributed by atoms with Gasteiger partial charge in [-0.3, -0.25) is 14.4 Å². The Morgan fingerprint density at radius 3 is 2.27 bits per heavy atom. The van der Waals surface area contributed by atoms with Gasteiger partial charge in [0.15, 0.2) is 11.5 Å². The van der Waals surface area contributed by atoms with Crippen molar-refractivity contribution in [2.24, 2.45) is 5.92 Å². The topological polar surface area (TPSA) is 180 Å². The number of aliphatic carboxylic acids is 2. The van der Waals surface area contributed by atoms with Crippen molar-refractivity contribution < 1.29 is 43.7 Å². The van der Waals surface area contributed by atoms with Crippen molar-refractivity contribution in [3.8, 4) is 11.5 Å². The fourth-order valence-corrected chi connectivity index (χ4v) is 4.25. The second kappa shape index (κ2) is 19.4. The number of hydrogen-bond acceptors (Lipinski definition) is 7. The summed E-state index contributed by atoms with van der Waals surface area (Å²) in [7, 11) is 1.36. The predicted octanol–water partition coefficient (Wildman–Crippen LogP) is 4.22. The molecule has 5 N–H and O–H groups in total. The van der Waals surface area contributed by atoms with Gasteiger partial charge in [-0.25, -0.2) is 9.59 Å². The van der Waals surface area contributed by atoms with Crippen LogP contribution in [-0.4, -0.2) is 59.3 Å². The van der Waals surface area contributed by atoms with Gasteiger partial charge < -0.3 is 35.6 Å². The number of hydrogen-bond donors (Lipinski definition) is 5. The Morgan fingerprint density at radius 2 is 1.62 bits per heavy atom. The van der Waals surface area contributed by atoms with Gasteiger partial charge in [-0.05, 0) is 61.3 Å². The van der Waals surface area contributed by atoms with Crippen molar-refractivity contribution in [2.75, 3.05) is 7.11 Å². The van der Waals surface area contributed by atoms with E-state index < -0.39 is 42.4 Å². The van der Waals surface area contributed by atoms with E-state index in [9.17, 15) is 34.2 Å². The fourth-order valence-electron chi connectivity index (χ4n) is 4.25. The number of rotatable bonds is 19. The summed E-state index contributed by atoms with van der Waals surface area (Å²) in [6, 6.07) is 10.8. The fraction of sp³-hybridized carbons (Fsp3) is 0.424. The molecule has 0 aliphatic carbocycles. The Labute approximate surface area is 263 Å². The molecule has 0 radical (unpaired) electrons. The van der Waals surface area contributed by atoms with Crippen LogP contribution in [0.1, 0.15) is 63.5 Å². The highest BCUT2D eigenvalue weighted by molar-refractivity contribution is 5.92. The highest BCUT2D eigenvalue weighted by atomic mass is 16.6. The third-order valence-corrected chi connectivity index (χ3v) is 6.63. The number of aryl methyl sites for hydroxylation is 1. The van der Waals surface area contributed by atoms with Crippen LogP contribution < -0.4 is 25.4 Å². The Balaban J connectivity index is 1.94. The normalized spacial score (nSPS) is 12.3. The Hall–Kier alpha value is -4.87. The quantitative estimate of drug-likeness (QED) is 0.113. The number of unbranched alkanes of at least 4 members (excludes halogenated alkanes) is 2. The molecule has 0 fully saturated rings. The number of amides is 3. The molecule has 0 unspecified atom stereocenters. The van der Waals surface area contributed by atoms with Crippen LogP contribution in [0.25, 0.3) is 0 Å². The molecule has 0 aliphatic heterocycles. The number of carboxylic acids is 2.